The van der Waals surface area contributed by atoms with Gasteiger partial charge in [-0.1, -0.05) is 41.5 Å². The van der Waals surface area contributed by atoms with Crippen molar-refractivity contribution in [3.63, 3.8) is 0 Å². The summed E-state index contributed by atoms with van der Waals surface area (Å²) < 4.78 is 0. The Kier molecular flexibility index (Phi) is 27.2. The van der Waals surface area contributed by atoms with Gasteiger partial charge in [-0.2, -0.15) is 0 Å². The topological polar surface area (TPSA) is 0 Å². The van der Waals surface area contributed by atoms with Gasteiger partial charge in [-0.25, -0.2) is 0 Å². The summed E-state index contributed by atoms with van der Waals surface area (Å²) in [6.07, 6.45) is 29.3. The average Bonchev–Trinajstić information content (AvgIpc) is 2.34. The van der Waals surface area contributed by atoms with Crippen molar-refractivity contribution >= 4 is 0 Å². The third kappa shape index (κ3) is 18.9. The zero-order valence-electron chi connectivity index (χ0n) is 18.4. The molecule has 3 heteroatoms. The molecule has 0 atom stereocenters. The molecular formula is C24H32K2Yb+2. The Labute approximate surface area is 297 Å². The third-order valence-corrected chi connectivity index (χ3v) is 3.72. The third-order valence-electron chi connectivity index (χ3n) is 3.72. The van der Waals surface area contributed by atoms with Gasteiger partial charge >= 0.3 is 103 Å². The van der Waals surface area contributed by atoms with E-state index in [1.807, 2.05) is 12.8 Å². The Hall–Kier alpha value is 4.79. The van der Waals surface area contributed by atoms with Gasteiger partial charge in [0, 0.05) is 46.9 Å². The first-order valence-electron chi connectivity index (χ1n) is 8.65. The van der Waals surface area contributed by atoms with Gasteiger partial charge in [0.1, 0.15) is 0 Å². The second-order valence-electron chi connectivity index (χ2n) is 8.00. The van der Waals surface area contributed by atoms with E-state index in [1.54, 1.807) is 0 Å². The van der Waals surface area contributed by atoms with E-state index >= 15 is 0 Å². The quantitative estimate of drug-likeness (QED) is 0.363. The molecule has 0 amide bonds. The number of hydrogen-bond acceptors (Lipinski definition) is 0. The smallest absolute Gasteiger partial charge is 0.0596 e. The minimum Gasteiger partial charge on any atom is -0.0596 e. The van der Waals surface area contributed by atoms with E-state index in [1.165, 1.54) is 11.8 Å². The maximum absolute atomic E-state index is 2.22. The van der Waals surface area contributed by atoms with Gasteiger partial charge in [0.15, 0.2) is 0 Å². The zero-order chi connectivity index (χ0) is 18.1. The van der Waals surface area contributed by atoms with Crippen LogP contribution in [0.5, 0.6) is 0 Å². The molecule has 0 aliphatic heterocycles. The summed E-state index contributed by atoms with van der Waals surface area (Å²) in [5.74, 6) is 2.73. The maximum Gasteiger partial charge on any atom is 1.00 e. The predicted molar refractivity (Wildman–Crippen MR) is 106 cm³/mol. The molecule has 0 bridgehead atoms. The maximum atomic E-state index is 2.22. The molecule has 2 aliphatic rings. The van der Waals surface area contributed by atoms with Gasteiger partial charge in [0.05, 0.1) is 0 Å². The SMILES string of the molecule is CC(C)(C)[C]1[CH][CH][CH][CH][CH][CH][CH]1.CC(C)(C)[C]1[CH][CH][CH][CH][CH][CH][CH]1.[K+].[K+].[Yb]. The molecule has 0 unspecified atom stereocenters. The molecular weight excluding hydrogens is 540 g/mol. The molecule has 142 valence electrons. The predicted octanol–water partition coefficient (Wildman–Crippen LogP) is 0.109. The molecule has 0 saturated heterocycles. The standard InChI is InChI=1S/2C12H16.2K.Yb/c2*1-12(2,3)11-9-7-5-4-6-8-10-11;;;/h2*4-10H,1-3H3;;;/q;;2*+1;. The van der Waals surface area contributed by atoms with Crippen LogP contribution in [-0.4, -0.2) is 0 Å². The van der Waals surface area contributed by atoms with Crippen molar-refractivity contribution in [2.24, 2.45) is 10.8 Å². The Morgan fingerprint density at radius 2 is 0.593 bits per heavy atom. The van der Waals surface area contributed by atoms with E-state index in [0.29, 0.717) is 0 Å². The summed E-state index contributed by atoms with van der Waals surface area (Å²) in [6.45, 7) is 13.3. The molecule has 2 saturated carbocycles. The van der Waals surface area contributed by atoms with E-state index in [4.69, 9.17) is 0 Å². The van der Waals surface area contributed by atoms with Gasteiger partial charge in [-0.05, 0) is 113 Å². The molecule has 0 nitrogen and oxygen atoms in total. The fourth-order valence-corrected chi connectivity index (χ4v) is 2.13. The molecule has 2 fully saturated rings. The van der Waals surface area contributed by atoms with Gasteiger partial charge in [0.2, 0.25) is 0 Å². The van der Waals surface area contributed by atoms with Crippen molar-refractivity contribution in [1.82, 2.24) is 0 Å². The molecule has 0 spiro atoms. The number of rotatable bonds is 0. The molecule has 2 rings (SSSR count). The first-order chi connectivity index (χ1) is 11.2. The first kappa shape index (κ1) is 36.4. The van der Waals surface area contributed by atoms with Gasteiger partial charge in [-0.3, -0.25) is 0 Å². The summed E-state index contributed by atoms with van der Waals surface area (Å²) in [5, 5.41) is 0. The van der Waals surface area contributed by atoms with Crippen LogP contribution in [-0.2, 0) is 0 Å². The molecule has 0 aromatic rings. The molecule has 0 heterocycles. The zero-order valence-corrected chi connectivity index (χ0v) is 26.3. The van der Waals surface area contributed by atoms with Crippen LogP contribution >= 0.6 is 0 Å². The molecule has 0 N–H and O–H groups in total. The molecule has 0 aromatic carbocycles. The largest absolute Gasteiger partial charge is 1.00 e. The van der Waals surface area contributed by atoms with Crippen LogP contribution in [0.3, 0.4) is 0 Å². The first-order valence-corrected chi connectivity index (χ1v) is 8.65. The van der Waals surface area contributed by atoms with Crippen molar-refractivity contribution in [2.45, 2.75) is 41.5 Å². The van der Waals surface area contributed by atoms with E-state index < -0.39 is 0 Å². The monoisotopic (exact) mass is 572 g/mol. The Morgan fingerprint density at radius 3 is 0.778 bits per heavy atom. The van der Waals surface area contributed by atoms with Crippen LogP contribution in [0.4, 0.5) is 0 Å². The van der Waals surface area contributed by atoms with Crippen LogP contribution in [0.2, 0.25) is 0 Å². The molecule has 27 heavy (non-hydrogen) atoms. The van der Waals surface area contributed by atoms with Crippen molar-refractivity contribution in [2.75, 3.05) is 0 Å². The second-order valence-corrected chi connectivity index (χ2v) is 8.00. The van der Waals surface area contributed by atoms with E-state index in [9.17, 15) is 0 Å². The van der Waals surface area contributed by atoms with Crippen LogP contribution in [0.1, 0.15) is 41.5 Å². The van der Waals surface area contributed by atoms with Gasteiger partial charge < -0.3 is 0 Å². The van der Waals surface area contributed by atoms with Crippen molar-refractivity contribution in [1.29, 1.82) is 0 Å². The minimum atomic E-state index is 0. The Morgan fingerprint density at radius 1 is 0.407 bits per heavy atom. The van der Waals surface area contributed by atoms with Crippen LogP contribution in [0.25, 0.3) is 0 Å². The second kappa shape index (κ2) is 20.2. The summed E-state index contributed by atoms with van der Waals surface area (Å²) in [4.78, 5) is 0. The Bertz CT molecular complexity index is 269. The molecule has 2 aliphatic carbocycles. The van der Waals surface area contributed by atoms with Crippen molar-refractivity contribution < 1.29 is 150 Å². The van der Waals surface area contributed by atoms with Gasteiger partial charge in [-0.15, -0.1) is 0 Å². The number of hydrogen-bond donors (Lipinski definition) is 0. The summed E-state index contributed by atoms with van der Waals surface area (Å²) in [6, 6.07) is 0. The summed E-state index contributed by atoms with van der Waals surface area (Å²) in [5.41, 5.74) is 0.484. The summed E-state index contributed by atoms with van der Waals surface area (Å²) in [7, 11) is 0. The van der Waals surface area contributed by atoms with E-state index in [0.717, 1.165) is 0 Å². The van der Waals surface area contributed by atoms with Crippen LogP contribution < -0.4 is 103 Å². The fourth-order valence-electron chi connectivity index (χ4n) is 2.13. The van der Waals surface area contributed by atoms with Crippen LogP contribution in [0.15, 0.2) is 0 Å². The van der Waals surface area contributed by atoms with Gasteiger partial charge in [0.25, 0.3) is 0 Å². The Balaban J connectivity index is -0.000000384. The molecule has 0 aromatic heterocycles. The summed E-state index contributed by atoms with van der Waals surface area (Å²) >= 11 is 0. The van der Waals surface area contributed by atoms with Crippen molar-refractivity contribution in [3.05, 3.63) is 102 Å². The van der Waals surface area contributed by atoms with E-state index in [-0.39, 0.29) is 161 Å². The normalized spacial score (nSPS) is 20.7. The average molecular weight is 572 g/mol. The fraction of sp³-hybridized carbons (Fsp3) is 0.333. The van der Waals surface area contributed by atoms with Crippen molar-refractivity contribution in [3.8, 4) is 0 Å². The van der Waals surface area contributed by atoms with E-state index in [2.05, 4.69) is 119 Å². The molecule has 16 radical (unpaired) electrons. The van der Waals surface area contributed by atoms with Crippen LogP contribution in [0, 0.1) is 159 Å². The minimum absolute atomic E-state index is 0.